The number of carbonyl (C=O) groups is 1. The van der Waals surface area contributed by atoms with Crippen molar-refractivity contribution in [3.05, 3.63) is 18.3 Å². The molecule has 0 fully saturated rings. The van der Waals surface area contributed by atoms with Crippen LogP contribution in [0.15, 0.2) is 18.3 Å². The number of rotatable bonds is 3. The van der Waals surface area contributed by atoms with Crippen molar-refractivity contribution in [2.75, 3.05) is 5.32 Å². The van der Waals surface area contributed by atoms with Crippen molar-refractivity contribution in [3.63, 3.8) is 0 Å². The average Bonchev–Trinajstić information content (AvgIpc) is 2.02. The fourth-order valence-corrected chi connectivity index (χ4v) is 0.969. The lowest BCUT2D eigenvalue weighted by atomic mass is 10.0. The minimum atomic E-state index is -0.508. The normalized spacial score (nSPS) is 11.1. The van der Waals surface area contributed by atoms with E-state index in [1.54, 1.807) is 32.2 Å². The number of nitrogens with two attached hydrogens (primary N) is 1. The summed E-state index contributed by atoms with van der Waals surface area (Å²) >= 11 is 0. The van der Waals surface area contributed by atoms with Gasteiger partial charge in [-0.1, -0.05) is 0 Å². The zero-order valence-electron chi connectivity index (χ0n) is 8.32. The minimum absolute atomic E-state index is 0.155. The van der Waals surface area contributed by atoms with Crippen molar-refractivity contribution < 1.29 is 4.79 Å². The van der Waals surface area contributed by atoms with Crippen LogP contribution in [0.25, 0.3) is 0 Å². The molecule has 1 rings (SSSR count). The van der Waals surface area contributed by atoms with Crippen molar-refractivity contribution in [1.82, 2.24) is 10.2 Å². The largest absolute Gasteiger partial charge is 0.325 e. The van der Waals surface area contributed by atoms with E-state index in [0.29, 0.717) is 5.82 Å². The second-order valence-electron chi connectivity index (χ2n) is 3.82. The Morgan fingerprint density at radius 3 is 2.86 bits per heavy atom. The third kappa shape index (κ3) is 3.95. The summed E-state index contributed by atoms with van der Waals surface area (Å²) in [5.41, 5.74) is 5.19. The molecular weight excluding hydrogens is 180 g/mol. The zero-order chi connectivity index (χ0) is 10.6. The summed E-state index contributed by atoms with van der Waals surface area (Å²) in [6.07, 6.45) is 1.80. The monoisotopic (exact) mass is 194 g/mol. The Hall–Kier alpha value is -1.49. The number of amides is 1. The summed E-state index contributed by atoms with van der Waals surface area (Å²) in [5.74, 6) is 0.291. The highest BCUT2D eigenvalue weighted by atomic mass is 16.1. The Balaban J connectivity index is 2.50. The second kappa shape index (κ2) is 4.15. The lowest BCUT2D eigenvalue weighted by molar-refractivity contribution is -0.117. The molecule has 0 aliphatic heterocycles. The molecule has 0 bridgehead atoms. The molecule has 1 aromatic heterocycles. The van der Waals surface area contributed by atoms with Gasteiger partial charge in [-0.15, -0.1) is 5.10 Å². The van der Waals surface area contributed by atoms with E-state index < -0.39 is 5.54 Å². The first kappa shape index (κ1) is 10.6. The Kier molecular flexibility index (Phi) is 3.14. The summed E-state index contributed by atoms with van der Waals surface area (Å²) in [6, 6.07) is 3.38. The Labute approximate surface area is 82.7 Å². The third-order valence-electron chi connectivity index (χ3n) is 1.46. The molecule has 0 atom stereocenters. The van der Waals surface area contributed by atoms with Gasteiger partial charge in [0.2, 0.25) is 5.91 Å². The standard InChI is InChI=1S/C9H14N4O/c1-9(2,10)6-8(14)12-7-4-3-5-11-13-7/h3-5H,6,10H2,1-2H3,(H,12,13,14). The first-order valence-electron chi connectivity index (χ1n) is 4.34. The lowest BCUT2D eigenvalue weighted by Gasteiger charge is -2.16. The van der Waals surface area contributed by atoms with E-state index in [2.05, 4.69) is 15.5 Å². The zero-order valence-corrected chi connectivity index (χ0v) is 8.32. The molecule has 0 saturated heterocycles. The Morgan fingerprint density at radius 1 is 1.64 bits per heavy atom. The molecule has 3 N–H and O–H groups in total. The van der Waals surface area contributed by atoms with Crippen LogP contribution in [0, 0.1) is 0 Å². The summed E-state index contributed by atoms with van der Waals surface area (Å²) < 4.78 is 0. The second-order valence-corrected chi connectivity index (χ2v) is 3.82. The van der Waals surface area contributed by atoms with Gasteiger partial charge < -0.3 is 11.1 Å². The first-order valence-corrected chi connectivity index (χ1v) is 4.34. The van der Waals surface area contributed by atoms with Gasteiger partial charge in [0.1, 0.15) is 0 Å². The number of anilines is 1. The summed E-state index contributed by atoms with van der Waals surface area (Å²) in [5, 5.41) is 9.97. The van der Waals surface area contributed by atoms with E-state index in [4.69, 9.17) is 5.73 Å². The molecule has 0 radical (unpaired) electrons. The molecule has 1 aromatic rings. The molecule has 76 valence electrons. The Morgan fingerprint density at radius 2 is 2.36 bits per heavy atom. The maximum Gasteiger partial charge on any atom is 0.227 e. The number of hydrogen-bond acceptors (Lipinski definition) is 4. The van der Waals surface area contributed by atoms with E-state index in [9.17, 15) is 4.79 Å². The van der Waals surface area contributed by atoms with Crippen molar-refractivity contribution in [1.29, 1.82) is 0 Å². The molecule has 0 aliphatic carbocycles. The van der Waals surface area contributed by atoms with Gasteiger partial charge in [-0.25, -0.2) is 0 Å². The van der Waals surface area contributed by atoms with Crippen LogP contribution in [0.1, 0.15) is 20.3 Å². The van der Waals surface area contributed by atoms with Gasteiger partial charge >= 0.3 is 0 Å². The summed E-state index contributed by atoms with van der Waals surface area (Å²) in [6.45, 7) is 3.59. The van der Waals surface area contributed by atoms with Crippen LogP contribution in [-0.4, -0.2) is 21.6 Å². The first-order chi connectivity index (χ1) is 6.47. The van der Waals surface area contributed by atoms with Crippen LogP contribution >= 0.6 is 0 Å². The van der Waals surface area contributed by atoms with Crippen molar-refractivity contribution in [3.8, 4) is 0 Å². The van der Waals surface area contributed by atoms with Crippen molar-refractivity contribution >= 4 is 11.7 Å². The SMILES string of the molecule is CC(C)(N)CC(=O)Nc1cccnn1. The predicted octanol–water partition coefficient (Wildman–Crippen LogP) is 0.542. The van der Waals surface area contributed by atoms with Gasteiger partial charge in [-0.3, -0.25) is 4.79 Å². The molecule has 5 heteroatoms. The molecule has 0 aliphatic rings. The highest BCUT2D eigenvalue weighted by Crippen LogP contribution is 2.06. The highest BCUT2D eigenvalue weighted by Gasteiger charge is 2.16. The fraction of sp³-hybridized carbons (Fsp3) is 0.444. The minimum Gasteiger partial charge on any atom is -0.325 e. The van der Waals surface area contributed by atoms with Crippen LogP contribution in [0.4, 0.5) is 5.82 Å². The summed E-state index contributed by atoms with van der Waals surface area (Å²) in [7, 11) is 0. The topological polar surface area (TPSA) is 80.9 Å². The van der Waals surface area contributed by atoms with Gasteiger partial charge in [-0.05, 0) is 26.0 Å². The molecule has 0 unspecified atom stereocenters. The molecule has 5 nitrogen and oxygen atoms in total. The smallest absolute Gasteiger partial charge is 0.227 e. The van der Waals surface area contributed by atoms with Crippen molar-refractivity contribution in [2.45, 2.75) is 25.8 Å². The molecular formula is C9H14N4O. The molecule has 0 aromatic carbocycles. The van der Waals surface area contributed by atoms with Crippen LogP contribution in [0.2, 0.25) is 0 Å². The summed E-state index contributed by atoms with van der Waals surface area (Å²) in [4.78, 5) is 11.4. The van der Waals surface area contributed by atoms with Gasteiger partial charge in [0.05, 0.1) is 0 Å². The van der Waals surface area contributed by atoms with Gasteiger partial charge in [-0.2, -0.15) is 5.10 Å². The number of carbonyl (C=O) groups excluding carboxylic acids is 1. The molecule has 1 amide bonds. The van der Waals surface area contributed by atoms with Crippen LogP contribution in [0.5, 0.6) is 0 Å². The maximum absolute atomic E-state index is 11.4. The predicted molar refractivity (Wildman–Crippen MR) is 53.5 cm³/mol. The highest BCUT2D eigenvalue weighted by molar-refractivity contribution is 5.90. The van der Waals surface area contributed by atoms with Crippen LogP contribution < -0.4 is 11.1 Å². The maximum atomic E-state index is 11.4. The lowest BCUT2D eigenvalue weighted by Crippen LogP contribution is -2.36. The van der Waals surface area contributed by atoms with Crippen LogP contribution in [-0.2, 0) is 4.79 Å². The third-order valence-corrected chi connectivity index (χ3v) is 1.46. The van der Waals surface area contributed by atoms with E-state index >= 15 is 0 Å². The number of hydrogen-bond donors (Lipinski definition) is 2. The fourth-order valence-electron chi connectivity index (χ4n) is 0.969. The Bertz CT molecular complexity index is 304. The van der Waals surface area contributed by atoms with E-state index in [-0.39, 0.29) is 12.3 Å². The van der Waals surface area contributed by atoms with Crippen molar-refractivity contribution in [2.24, 2.45) is 5.73 Å². The van der Waals surface area contributed by atoms with Gasteiger partial charge in [0, 0.05) is 18.2 Å². The number of aromatic nitrogens is 2. The quantitative estimate of drug-likeness (QED) is 0.736. The van der Waals surface area contributed by atoms with Gasteiger partial charge in [0.15, 0.2) is 5.82 Å². The molecule has 0 saturated carbocycles. The number of nitrogens with one attached hydrogen (secondary N) is 1. The van der Waals surface area contributed by atoms with Crippen LogP contribution in [0.3, 0.4) is 0 Å². The van der Waals surface area contributed by atoms with Gasteiger partial charge in [0.25, 0.3) is 0 Å². The average molecular weight is 194 g/mol. The molecule has 1 heterocycles. The number of nitrogens with zero attached hydrogens (tertiary/aromatic N) is 2. The molecule has 0 spiro atoms. The van der Waals surface area contributed by atoms with E-state index in [1.165, 1.54) is 0 Å². The van der Waals surface area contributed by atoms with E-state index in [0.717, 1.165) is 0 Å². The van der Waals surface area contributed by atoms with E-state index in [1.807, 2.05) is 0 Å². The molecule has 14 heavy (non-hydrogen) atoms.